The van der Waals surface area contributed by atoms with Crippen LogP contribution in [0.15, 0.2) is 48.7 Å². The van der Waals surface area contributed by atoms with Crippen molar-refractivity contribution in [3.63, 3.8) is 0 Å². The van der Waals surface area contributed by atoms with Crippen LogP contribution in [0.5, 0.6) is 5.75 Å². The van der Waals surface area contributed by atoms with Crippen molar-refractivity contribution in [1.82, 2.24) is 15.8 Å². The summed E-state index contributed by atoms with van der Waals surface area (Å²) < 4.78 is 0. The summed E-state index contributed by atoms with van der Waals surface area (Å²) in [6, 6.07) is 11.6. The first-order chi connectivity index (χ1) is 9.18. The molecule has 0 fully saturated rings. The van der Waals surface area contributed by atoms with Gasteiger partial charge in [0.05, 0.1) is 5.56 Å². The Morgan fingerprint density at radius 2 is 1.84 bits per heavy atom. The maximum Gasteiger partial charge on any atom is 0.288 e. The van der Waals surface area contributed by atoms with Gasteiger partial charge in [-0.2, -0.15) is 0 Å². The predicted octanol–water partition coefficient (Wildman–Crippen LogP) is 1.40. The largest absolute Gasteiger partial charge is 0.507 e. The van der Waals surface area contributed by atoms with Crippen LogP contribution < -0.4 is 10.9 Å². The number of pyridine rings is 1. The van der Waals surface area contributed by atoms with Crippen molar-refractivity contribution in [2.45, 2.75) is 0 Å². The molecule has 0 saturated heterocycles. The Balaban J connectivity index is 1.98. The van der Waals surface area contributed by atoms with Crippen LogP contribution in [0.2, 0.25) is 0 Å². The third-order valence-corrected chi connectivity index (χ3v) is 2.66. The molecule has 96 valence electrons. The molecule has 0 aliphatic heterocycles. The zero-order valence-electron chi connectivity index (χ0n) is 9.83. The number of aromatic nitrogens is 1. The van der Waals surface area contributed by atoms with Crippen LogP contribution in [0.1, 0.15) is 16.1 Å². The quantitative estimate of drug-likeness (QED) is 0.569. The average Bonchev–Trinajstić information content (AvgIpc) is 2.46. The fourth-order valence-corrected chi connectivity index (χ4v) is 1.63. The van der Waals surface area contributed by atoms with Crippen molar-refractivity contribution in [2.75, 3.05) is 0 Å². The number of thiocarbonyl (C=S) groups is 1. The summed E-state index contributed by atoms with van der Waals surface area (Å²) in [5.74, 6) is -0.356. The number of phenolic OH excluding ortho intramolecular Hbond substituents is 1. The van der Waals surface area contributed by atoms with E-state index in [-0.39, 0.29) is 16.4 Å². The summed E-state index contributed by atoms with van der Waals surface area (Å²) in [4.78, 5) is 15.8. The van der Waals surface area contributed by atoms with Crippen molar-refractivity contribution < 1.29 is 9.90 Å². The molecule has 0 atom stereocenters. The van der Waals surface area contributed by atoms with E-state index in [2.05, 4.69) is 15.8 Å². The highest BCUT2D eigenvalue weighted by Crippen LogP contribution is 2.15. The lowest BCUT2D eigenvalue weighted by atomic mass is 10.2. The zero-order chi connectivity index (χ0) is 13.7. The van der Waals surface area contributed by atoms with Crippen LogP contribution in [-0.4, -0.2) is 21.0 Å². The van der Waals surface area contributed by atoms with Gasteiger partial charge in [0.25, 0.3) is 5.91 Å². The van der Waals surface area contributed by atoms with Crippen LogP contribution >= 0.6 is 12.2 Å². The van der Waals surface area contributed by atoms with Gasteiger partial charge >= 0.3 is 0 Å². The predicted molar refractivity (Wildman–Crippen MR) is 74.6 cm³/mol. The lowest BCUT2D eigenvalue weighted by molar-refractivity contribution is 0.0939. The molecule has 0 unspecified atom stereocenters. The Morgan fingerprint density at radius 1 is 1.11 bits per heavy atom. The Morgan fingerprint density at radius 3 is 2.53 bits per heavy atom. The molecular formula is C13H11N3O2S. The van der Waals surface area contributed by atoms with Gasteiger partial charge in [-0.3, -0.25) is 20.6 Å². The molecule has 0 aliphatic rings. The van der Waals surface area contributed by atoms with E-state index in [9.17, 15) is 9.90 Å². The summed E-state index contributed by atoms with van der Waals surface area (Å²) in [6.45, 7) is 0. The lowest BCUT2D eigenvalue weighted by Crippen LogP contribution is -2.41. The fourth-order valence-electron chi connectivity index (χ4n) is 1.41. The highest BCUT2D eigenvalue weighted by molar-refractivity contribution is 7.80. The van der Waals surface area contributed by atoms with Crippen LogP contribution in [0.25, 0.3) is 0 Å². The molecule has 19 heavy (non-hydrogen) atoms. The molecule has 1 aromatic heterocycles. The van der Waals surface area contributed by atoms with Gasteiger partial charge in [-0.05, 0) is 24.3 Å². The maximum atomic E-state index is 11.7. The molecular weight excluding hydrogens is 262 g/mol. The molecule has 0 radical (unpaired) electrons. The summed E-state index contributed by atoms with van der Waals surface area (Å²) in [5.41, 5.74) is 5.71. The second-order valence-electron chi connectivity index (χ2n) is 3.64. The summed E-state index contributed by atoms with van der Waals surface area (Å²) in [7, 11) is 0. The third-order valence-electron chi connectivity index (χ3n) is 2.34. The SMILES string of the molecule is O=C(NNC(=S)c1ccccc1O)c1ccccn1. The second-order valence-corrected chi connectivity index (χ2v) is 4.05. The molecule has 1 heterocycles. The number of rotatable bonds is 2. The summed E-state index contributed by atoms with van der Waals surface area (Å²) in [6.07, 6.45) is 1.52. The molecule has 3 N–H and O–H groups in total. The number of carbonyl (C=O) groups is 1. The van der Waals surface area contributed by atoms with Crippen molar-refractivity contribution in [1.29, 1.82) is 0 Å². The Bertz CT molecular complexity index is 602. The Hall–Kier alpha value is -2.47. The molecule has 5 nitrogen and oxygen atoms in total. The van der Waals surface area contributed by atoms with Crippen LogP contribution in [0.4, 0.5) is 0 Å². The average molecular weight is 273 g/mol. The van der Waals surface area contributed by atoms with Gasteiger partial charge in [-0.15, -0.1) is 0 Å². The summed E-state index contributed by atoms with van der Waals surface area (Å²) in [5, 5.41) is 9.61. The number of aromatic hydroxyl groups is 1. The number of benzene rings is 1. The number of carbonyl (C=O) groups excluding carboxylic acids is 1. The van der Waals surface area contributed by atoms with Gasteiger partial charge in [0.2, 0.25) is 0 Å². The van der Waals surface area contributed by atoms with Gasteiger partial charge in [0.1, 0.15) is 16.4 Å². The smallest absolute Gasteiger partial charge is 0.288 e. The van der Waals surface area contributed by atoms with Crippen molar-refractivity contribution in [2.24, 2.45) is 0 Å². The minimum Gasteiger partial charge on any atom is -0.507 e. The van der Waals surface area contributed by atoms with E-state index in [1.807, 2.05) is 0 Å². The van der Waals surface area contributed by atoms with Gasteiger partial charge in [-0.25, -0.2) is 0 Å². The topological polar surface area (TPSA) is 74.2 Å². The summed E-state index contributed by atoms with van der Waals surface area (Å²) >= 11 is 5.07. The number of hydrogen-bond acceptors (Lipinski definition) is 4. The Labute approximate surface area is 115 Å². The number of nitrogens with zero attached hydrogens (tertiary/aromatic N) is 1. The minimum absolute atomic E-state index is 0.0482. The number of nitrogens with one attached hydrogen (secondary N) is 2. The number of hydrogen-bond donors (Lipinski definition) is 3. The van der Waals surface area contributed by atoms with Crippen LogP contribution in [0, 0.1) is 0 Å². The molecule has 1 amide bonds. The van der Waals surface area contributed by atoms with E-state index in [4.69, 9.17) is 12.2 Å². The van der Waals surface area contributed by atoms with Gasteiger partial charge in [-0.1, -0.05) is 30.4 Å². The fraction of sp³-hybridized carbons (Fsp3) is 0. The molecule has 2 aromatic rings. The van der Waals surface area contributed by atoms with Crippen molar-refractivity contribution in [3.8, 4) is 5.75 Å². The van der Waals surface area contributed by atoms with E-state index in [0.29, 0.717) is 5.56 Å². The minimum atomic E-state index is -0.404. The third kappa shape index (κ3) is 3.26. The van der Waals surface area contributed by atoms with Gasteiger partial charge in [0.15, 0.2) is 0 Å². The Kier molecular flexibility index (Phi) is 4.04. The van der Waals surface area contributed by atoms with Gasteiger partial charge in [0, 0.05) is 6.20 Å². The highest BCUT2D eigenvalue weighted by atomic mass is 32.1. The van der Waals surface area contributed by atoms with E-state index in [0.717, 1.165) is 0 Å². The normalized spacial score (nSPS) is 9.68. The first-order valence-electron chi connectivity index (χ1n) is 5.48. The number of phenols is 1. The van der Waals surface area contributed by atoms with E-state index in [1.165, 1.54) is 12.3 Å². The standard InChI is InChI=1S/C13H11N3O2S/c17-11-7-2-1-5-9(11)13(19)16-15-12(18)10-6-3-4-8-14-10/h1-8,17H,(H,15,18)(H,16,19). The van der Waals surface area contributed by atoms with E-state index >= 15 is 0 Å². The molecule has 0 bridgehead atoms. The van der Waals surface area contributed by atoms with E-state index in [1.54, 1.807) is 36.4 Å². The molecule has 0 saturated carbocycles. The van der Waals surface area contributed by atoms with Crippen LogP contribution in [-0.2, 0) is 0 Å². The zero-order valence-corrected chi connectivity index (χ0v) is 10.6. The lowest BCUT2D eigenvalue weighted by Gasteiger charge is -2.10. The van der Waals surface area contributed by atoms with Crippen LogP contribution in [0.3, 0.4) is 0 Å². The molecule has 2 rings (SSSR count). The maximum absolute atomic E-state index is 11.7. The molecule has 1 aromatic carbocycles. The first-order valence-corrected chi connectivity index (χ1v) is 5.89. The van der Waals surface area contributed by atoms with Crippen molar-refractivity contribution in [3.05, 3.63) is 59.9 Å². The van der Waals surface area contributed by atoms with E-state index < -0.39 is 5.91 Å². The molecule has 0 aliphatic carbocycles. The highest BCUT2D eigenvalue weighted by Gasteiger charge is 2.09. The monoisotopic (exact) mass is 273 g/mol. The van der Waals surface area contributed by atoms with Crippen molar-refractivity contribution >= 4 is 23.1 Å². The second kappa shape index (κ2) is 5.92. The number of hydrazine groups is 1. The number of para-hydroxylation sites is 1. The first kappa shape index (κ1) is 13.0. The molecule has 0 spiro atoms. The number of amides is 1. The van der Waals surface area contributed by atoms with Gasteiger partial charge < -0.3 is 5.11 Å². The molecule has 6 heteroatoms.